The van der Waals surface area contributed by atoms with Gasteiger partial charge in [-0.05, 0) is 55.2 Å². The van der Waals surface area contributed by atoms with Crippen molar-refractivity contribution in [3.05, 3.63) is 103 Å². The van der Waals surface area contributed by atoms with Gasteiger partial charge in [0.05, 0.1) is 28.8 Å². The van der Waals surface area contributed by atoms with Gasteiger partial charge in [-0.15, -0.1) is 19.2 Å². The number of nitrogens with one attached hydrogen (secondary N) is 1. The van der Waals surface area contributed by atoms with Crippen LogP contribution in [0.25, 0.3) is 10.9 Å². The third-order valence-electron chi connectivity index (χ3n) is 5.74. The third kappa shape index (κ3) is 10.2. The number of hydrogen-bond donors (Lipinski definition) is 2. The van der Waals surface area contributed by atoms with Crippen LogP contribution in [-0.2, 0) is 23.7 Å². The number of nitro groups is 1. The summed E-state index contributed by atoms with van der Waals surface area (Å²) in [5.41, 5.74) is 1.69. The van der Waals surface area contributed by atoms with E-state index in [4.69, 9.17) is 4.84 Å². The first-order chi connectivity index (χ1) is 18.7. The largest absolute Gasteiger partial charge is 1.00 e. The molecular weight excluding hydrogens is 599 g/mol. The van der Waals surface area contributed by atoms with Gasteiger partial charge in [0.25, 0.3) is 5.70 Å². The molecule has 1 aliphatic carbocycles. The van der Waals surface area contributed by atoms with Crippen molar-refractivity contribution in [3.63, 3.8) is 0 Å². The predicted octanol–water partition coefficient (Wildman–Crippen LogP) is 6.20. The SMILES string of the molecule is CC.CONc1c(S)cccc1/C(=C/[N-]Cc1cc(C(F)(F)F)cc(C(F)(F)F)c1)C1=CC([N+](=O)[O-])=C(C)CC1.[K+]. The molecular formula is C27H28F6KN3O3S. The Labute approximate surface area is 282 Å². The first-order valence-electron chi connectivity index (χ1n) is 12.0. The Morgan fingerprint density at radius 1 is 1.10 bits per heavy atom. The summed E-state index contributed by atoms with van der Waals surface area (Å²) in [4.78, 5) is 16.5. The van der Waals surface area contributed by atoms with Crippen molar-refractivity contribution in [1.29, 1.82) is 0 Å². The third-order valence-corrected chi connectivity index (χ3v) is 6.11. The second-order valence-corrected chi connectivity index (χ2v) is 8.88. The number of para-hydroxylation sites is 1. The van der Waals surface area contributed by atoms with Crippen molar-refractivity contribution < 1.29 is 87.5 Å². The fourth-order valence-electron chi connectivity index (χ4n) is 3.88. The molecule has 0 amide bonds. The van der Waals surface area contributed by atoms with Gasteiger partial charge >= 0.3 is 63.7 Å². The van der Waals surface area contributed by atoms with E-state index >= 15 is 0 Å². The minimum absolute atomic E-state index is 0. The molecule has 1 N–H and O–H groups in total. The van der Waals surface area contributed by atoms with Gasteiger partial charge in [-0.1, -0.05) is 31.5 Å². The number of alkyl halides is 6. The van der Waals surface area contributed by atoms with Crippen LogP contribution in [0.4, 0.5) is 32.0 Å². The van der Waals surface area contributed by atoms with Crippen molar-refractivity contribution in [2.24, 2.45) is 0 Å². The summed E-state index contributed by atoms with van der Waals surface area (Å²) < 4.78 is 79.4. The van der Waals surface area contributed by atoms with Gasteiger partial charge in [0.1, 0.15) is 0 Å². The standard InChI is InChI=1S/C25H22F6N3O3S.C2H6.K/c1-14-6-7-16(10-21(14)34(35)36)20(19-4-3-5-22(38)23(19)33-37-2)13-32-12-15-8-17(24(26,27)28)11-18(9-15)25(29,30)31;1-2;/h3-5,8-11,13,33,38H,6-7,12H2,1-2H3;1-2H3;/q-1;;+1/b20-13+;;. The van der Waals surface area contributed by atoms with Gasteiger partial charge in [-0.2, -0.15) is 32.5 Å². The summed E-state index contributed by atoms with van der Waals surface area (Å²) in [6.07, 6.45) is -6.55. The van der Waals surface area contributed by atoms with Crippen molar-refractivity contribution in [2.75, 3.05) is 12.6 Å². The Hall–Kier alpha value is -1.81. The second-order valence-electron chi connectivity index (χ2n) is 8.40. The number of halogens is 6. The summed E-state index contributed by atoms with van der Waals surface area (Å²) in [5.74, 6) is 0. The van der Waals surface area contributed by atoms with Crippen molar-refractivity contribution in [3.8, 4) is 0 Å². The normalized spacial score (nSPS) is 13.9. The molecule has 0 saturated carbocycles. The van der Waals surface area contributed by atoms with Crippen molar-refractivity contribution >= 4 is 23.9 Å². The Balaban J connectivity index is 0.00000274. The van der Waals surface area contributed by atoms with Crippen LogP contribution in [0.15, 0.2) is 70.4 Å². The number of rotatable bonds is 8. The molecule has 1 aliphatic rings. The van der Waals surface area contributed by atoms with Crippen LogP contribution in [0.1, 0.15) is 55.9 Å². The molecule has 218 valence electrons. The summed E-state index contributed by atoms with van der Waals surface area (Å²) in [7, 11) is 1.36. The van der Waals surface area contributed by atoms with Crippen LogP contribution in [0, 0.1) is 10.1 Å². The maximum atomic E-state index is 13.2. The monoisotopic (exact) mass is 627 g/mol. The molecule has 0 saturated heterocycles. The Morgan fingerprint density at radius 2 is 1.68 bits per heavy atom. The molecule has 0 spiro atoms. The molecule has 0 heterocycles. The molecule has 41 heavy (non-hydrogen) atoms. The van der Waals surface area contributed by atoms with Gasteiger partial charge < -0.3 is 5.32 Å². The molecule has 0 bridgehead atoms. The van der Waals surface area contributed by atoms with E-state index in [1.165, 1.54) is 19.4 Å². The van der Waals surface area contributed by atoms with E-state index in [1.807, 2.05) is 13.8 Å². The van der Waals surface area contributed by atoms with Crippen LogP contribution >= 0.6 is 12.6 Å². The summed E-state index contributed by atoms with van der Waals surface area (Å²) in [6.45, 7) is 5.13. The average Bonchev–Trinajstić information content (AvgIpc) is 2.88. The molecule has 0 unspecified atom stereocenters. The number of anilines is 1. The van der Waals surface area contributed by atoms with Crippen LogP contribution in [0.5, 0.6) is 0 Å². The van der Waals surface area contributed by atoms with Crippen LogP contribution in [-0.4, -0.2) is 12.0 Å². The topological polar surface area (TPSA) is 78.5 Å². The van der Waals surface area contributed by atoms with E-state index in [0.29, 0.717) is 57.8 Å². The zero-order chi connectivity index (χ0) is 30.3. The molecule has 0 radical (unpaired) electrons. The number of thiol groups is 1. The molecule has 2 aromatic carbocycles. The Kier molecular flexibility index (Phi) is 14.7. The first kappa shape index (κ1) is 37.2. The van der Waals surface area contributed by atoms with E-state index in [-0.39, 0.29) is 68.7 Å². The van der Waals surface area contributed by atoms with E-state index < -0.39 is 34.9 Å². The minimum atomic E-state index is -4.99. The van der Waals surface area contributed by atoms with E-state index in [0.717, 1.165) is 0 Å². The molecule has 6 nitrogen and oxygen atoms in total. The molecule has 0 aromatic heterocycles. The molecule has 14 heteroatoms. The second kappa shape index (κ2) is 16.1. The summed E-state index contributed by atoms with van der Waals surface area (Å²) in [5, 5.41) is 15.7. The van der Waals surface area contributed by atoms with Crippen LogP contribution in [0.3, 0.4) is 0 Å². The number of nitrogens with zero attached hydrogens (tertiary/aromatic N) is 2. The number of allylic oxidation sites excluding steroid dienone is 4. The van der Waals surface area contributed by atoms with Crippen LogP contribution in [0.2, 0.25) is 0 Å². The van der Waals surface area contributed by atoms with Gasteiger partial charge in [0, 0.05) is 22.1 Å². The van der Waals surface area contributed by atoms with E-state index in [9.17, 15) is 36.5 Å². The first-order valence-corrected chi connectivity index (χ1v) is 12.5. The zero-order valence-corrected chi connectivity index (χ0v) is 27.1. The smallest absolute Gasteiger partial charge is 0.686 e. The molecule has 0 atom stereocenters. The molecule has 2 aromatic rings. The van der Waals surface area contributed by atoms with E-state index in [1.54, 1.807) is 25.1 Å². The summed E-state index contributed by atoms with van der Waals surface area (Å²) >= 11 is 4.40. The zero-order valence-electron chi connectivity index (χ0n) is 23.1. The van der Waals surface area contributed by atoms with Gasteiger partial charge in [-0.3, -0.25) is 20.4 Å². The van der Waals surface area contributed by atoms with Crippen LogP contribution < -0.4 is 56.9 Å². The molecule has 0 aliphatic heterocycles. The van der Waals surface area contributed by atoms with Crippen molar-refractivity contribution in [2.45, 2.75) is 57.4 Å². The summed E-state index contributed by atoms with van der Waals surface area (Å²) in [6, 6.07) is 6.24. The van der Waals surface area contributed by atoms with E-state index in [2.05, 4.69) is 23.4 Å². The predicted molar refractivity (Wildman–Crippen MR) is 144 cm³/mol. The van der Waals surface area contributed by atoms with Gasteiger partial charge in [-0.25, -0.2) is 0 Å². The average molecular weight is 628 g/mol. The van der Waals surface area contributed by atoms with Gasteiger partial charge in [0.15, 0.2) is 0 Å². The number of benzene rings is 2. The molecule has 3 rings (SSSR count). The quantitative estimate of drug-likeness (QED) is 0.120. The maximum absolute atomic E-state index is 13.2. The Bertz CT molecular complexity index is 1290. The van der Waals surface area contributed by atoms with Crippen molar-refractivity contribution in [1.82, 2.24) is 0 Å². The Morgan fingerprint density at radius 3 is 2.20 bits per heavy atom. The fraction of sp³-hybridized carbons (Fsp3) is 0.333. The maximum Gasteiger partial charge on any atom is 1.00 e. The minimum Gasteiger partial charge on any atom is -0.686 e. The van der Waals surface area contributed by atoms with Gasteiger partial charge in [0.2, 0.25) is 0 Å². The fourth-order valence-corrected chi connectivity index (χ4v) is 4.14. The number of hydrogen-bond acceptors (Lipinski definition) is 5. The molecule has 0 fully saturated rings.